The summed E-state index contributed by atoms with van der Waals surface area (Å²) in [6.07, 6.45) is 3.90. The molecular weight excluding hydrogens is 294 g/mol. The molecule has 0 radical (unpaired) electrons. The van der Waals surface area contributed by atoms with Crippen LogP contribution in [0.4, 0.5) is 0 Å². The van der Waals surface area contributed by atoms with Crippen LogP contribution in [0.3, 0.4) is 0 Å². The standard InChI is InChI=1S/C17H21N3OS/c18-14-8-4-5-9-20(11-14)17(21)15-12-22-16(19-15)10-13-6-2-1-3-7-13/h1-3,6-7,12,14H,4-5,8-11,18H2. The molecule has 0 spiro atoms. The summed E-state index contributed by atoms with van der Waals surface area (Å²) < 4.78 is 0. The van der Waals surface area contributed by atoms with Crippen molar-refractivity contribution < 1.29 is 4.79 Å². The summed E-state index contributed by atoms with van der Waals surface area (Å²) in [6, 6.07) is 10.3. The van der Waals surface area contributed by atoms with Gasteiger partial charge in [-0.1, -0.05) is 36.8 Å². The van der Waals surface area contributed by atoms with Gasteiger partial charge in [0.15, 0.2) is 0 Å². The molecular formula is C17H21N3OS. The number of likely N-dealkylation sites (tertiary alicyclic amines) is 1. The molecule has 1 amide bonds. The van der Waals surface area contributed by atoms with Gasteiger partial charge in [-0.3, -0.25) is 4.79 Å². The van der Waals surface area contributed by atoms with E-state index >= 15 is 0 Å². The predicted octanol–water partition coefficient (Wildman–Crippen LogP) is 2.69. The van der Waals surface area contributed by atoms with Gasteiger partial charge in [-0.15, -0.1) is 11.3 Å². The zero-order valence-corrected chi connectivity index (χ0v) is 13.4. The van der Waals surface area contributed by atoms with Gasteiger partial charge < -0.3 is 10.6 Å². The van der Waals surface area contributed by atoms with Crippen molar-refractivity contribution in [2.45, 2.75) is 31.7 Å². The number of nitrogens with two attached hydrogens (primary N) is 1. The minimum absolute atomic E-state index is 0.0212. The van der Waals surface area contributed by atoms with Crippen LogP contribution >= 0.6 is 11.3 Å². The second-order valence-corrected chi connectivity index (χ2v) is 6.74. The number of hydrogen-bond acceptors (Lipinski definition) is 4. The van der Waals surface area contributed by atoms with E-state index in [1.54, 1.807) is 11.3 Å². The Balaban J connectivity index is 1.68. The third-order valence-electron chi connectivity index (χ3n) is 3.96. The molecule has 1 atom stereocenters. The SMILES string of the molecule is NC1CCCCN(C(=O)c2csc(Cc3ccccc3)n2)C1. The molecule has 2 aromatic rings. The van der Waals surface area contributed by atoms with E-state index in [-0.39, 0.29) is 11.9 Å². The Morgan fingerprint density at radius 3 is 2.95 bits per heavy atom. The lowest BCUT2D eigenvalue weighted by Crippen LogP contribution is -2.39. The van der Waals surface area contributed by atoms with Crippen molar-refractivity contribution in [1.82, 2.24) is 9.88 Å². The van der Waals surface area contributed by atoms with Crippen LogP contribution in [0.1, 0.15) is 40.3 Å². The molecule has 1 aromatic carbocycles. The molecule has 22 heavy (non-hydrogen) atoms. The van der Waals surface area contributed by atoms with Gasteiger partial charge in [0.2, 0.25) is 0 Å². The minimum Gasteiger partial charge on any atom is -0.336 e. The number of rotatable bonds is 3. The number of carbonyl (C=O) groups excluding carboxylic acids is 1. The van der Waals surface area contributed by atoms with Gasteiger partial charge >= 0.3 is 0 Å². The van der Waals surface area contributed by atoms with Crippen molar-refractivity contribution in [3.63, 3.8) is 0 Å². The number of benzene rings is 1. The second-order valence-electron chi connectivity index (χ2n) is 5.80. The Labute approximate surface area is 135 Å². The Kier molecular flexibility index (Phi) is 4.85. The van der Waals surface area contributed by atoms with E-state index in [4.69, 9.17) is 5.73 Å². The third kappa shape index (κ3) is 3.72. The monoisotopic (exact) mass is 315 g/mol. The molecule has 1 aliphatic rings. The molecule has 0 aliphatic carbocycles. The fourth-order valence-electron chi connectivity index (χ4n) is 2.78. The maximum absolute atomic E-state index is 12.6. The van der Waals surface area contributed by atoms with E-state index in [1.165, 1.54) is 5.56 Å². The Morgan fingerprint density at radius 2 is 2.14 bits per heavy atom. The van der Waals surface area contributed by atoms with Gasteiger partial charge in [-0.05, 0) is 18.4 Å². The molecule has 4 nitrogen and oxygen atoms in total. The Morgan fingerprint density at radius 1 is 1.32 bits per heavy atom. The van der Waals surface area contributed by atoms with Crippen molar-refractivity contribution in [2.75, 3.05) is 13.1 Å². The van der Waals surface area contributed by atoms with Gasteiger partial charge in [0.25, 0.3) is 5.91 Å². The van der Waals surface area contributed by atoms with Crippen LogP contribution in [0.15, 0.2) is 35.7 Å². The van der Waals surface area contributed by atoms with Crippen LogP contribution in [-0.4, -0.2) is 34.9 Å². The second kappa shape index (κ2) is 7.03. The van der Waals surface area contributed by atoms with E-state index in [2.05, 4.69) is 17.1 Å². The van der Waals surface area contributed by atoms with Gasteiger partial charge in [-0.2, -0.15) is 0 Å². The highest BCUT2D eigenvalue weighted by Crippen LogP contribution is 2.18. The number of hydrogen-bond donors (Lipinski definition) is 1. The molecule has 0 bridgehead atoms. The lowest BCUT2D eigenvalue weighted by molar-refractivity contribution is 0.0750. The highest BCUT2D eigenvalue weighted by atomic mass is 32.1. The molecule has 1 fully saturated rings. The first kappa shape index (κ1) is 15.2. The highest BCUT2D eigenvalue weighted by molar-refractivity contribution is 7.09. The summed E-state index contributed by atoms with van der Waals surface area (Å²) in [5.41, 5.74) is 7.81. The Bertz CT molecular complexity index is 626. The molecule has 1 unspecified atom stereocenters. The average Bonchev–Trinajstić information content (AvgIpc) is 2.88. The van der Waals surface area contributed by atoms with Gasteiger partial charge in [0.1, 0.15) is 5.69 Å². The smallest absolute Gasteiger partial charge is 0.273 e. The molecule has 1 saturated heterocycles. The normalized spacial score (nSPS) is 19.0. The average molecular weight is 315 g/mol. The van der Waals surface area contributed by atoms with Crippen LogP contribution in [-0.2, 0) is 6.42 Å². The summed E-state index contributed by atoms with van der Waals surface area (Å²) >= 11 is 1.55. The topological polar surface area (TPSA) is 59.2 Å². The van der Waals surface area contributed by atoms with Gasteiger partial charge in [0, 0.05) is 30.9 Å². The lowest BCUT2D eigenvalue weighted by atomic mass is 10.2. The maximum atomic E-state index is 12.6. The maximum Gasteiger partial charge on any atom is 0.273 e. The highest BCUT2D eigenvalue weighted by Gasteiger charge is 2.22. The third-order valence-corrected chi connectivity index (χ3v) is 4.81. The molecule has 2 N–H and O–H groups in total. The first-order chi connectivity index (χ1) is 10.7. The van der Waals surface area contributed by atoms with E-state index in [0.29, 0.717) is 12.2 Å². The molecule has 1 aliphatic heterocycles. The summed E-state index contributed by atoms with van der Waals surface area (Å²) in [7, 11) is 0. The van der Waals surface area contributed by atoms with E-state index in [1.807, 2.05) is 28.5 Å². The summed E-state index contributed by atoms with van der Waals surface area (Å²) in [5.74, 6) is 0.0212. The zero-order valence-electron chi connectivity index (χ0n) is 12.6. The number of amides is 1. The van der Waals surface area contributed by atoms with Crippen LogP contribution < -0.4 is 5.73 Å². The van der Waals surface area contributed by atoms with E-state index < -0.39 is 0 Å². The zero-order chi connectivity index (χ0) is 15.4. The minimum atomic E-state index is 0.0212. The molecule has 5 heteroatoms. The quantitative estimate of drug-likeness (QED) is 0.947. The fraction of sp³-hybridized carbons (Fsp3) is 0.412. The predicted molar refractivity (Wildman–Crippen MR) is 89.1 cm³/mol. The van der Waals surface area contributed by atoms with Crippen LogP contribution in [0.25, 0.3) is 0 Å². The number of thiazole rings is 1. The molecule has 2 heterocycles. The molecule has 3 rings (SSSR count). The van der Waals surface area contributed by atoms with Crippen LogP contribution in [0.2, 0.25) is 0 Å². The molecule has 1 aromatic heterocycles. The Hall–Kier alpha value is -1.72. The van der Waals surface area contributed by atoms with Crippen molar-refractivity contribution in [1.29, 1.82) is 0 Å². The molecule has 0 saturated carbocycles. The van der Waals surface area contributed by atoms with Crippen molar-refractivity contribution in [2.24, 2.45) is 5.73 Å². The number of carbonyl (C=O) groups is 1. The lowest BCUT2D eigenvalue weighted by Gasteiger charge is -2.21. The number of nitrogens with zero attached hydrogens (tertiary/aromatic N) is 2. The van der Waals surface area contributed by atoms with E-state index in [0.717, 1.165) is 37.2 Å². The van der Waals surface area contributed by atoms with Crippen molar-refractivity contribution in [3.05, 3.63) is 52.0 Å². The van der Waals surface area contributed by atoms with Crippen LogP contribution in [0, 0.1) is 0 Å². The molecule has 116 valence electrons. The van der Waals surface area contributed by atoms with Crippen LogP contribution in [0.5, 0.6) is 0 Å². The summed E-state index contributed by atoms with van der Waals surface area (Å²) in [5, 5.41) is 2.85. The summed E-state index contributed by atoms with van der Waals surface area (Å²) in [4.78, 5) is 19.0. The van der Waals surface area contributed by atoms with Gasteiger partial charge in [-0.25, -0.2) is 4.98 Å². The number of aromatic nitrogens is 1. The summed E-state index contributed by atoms with van der Waals surface area (Å²) in [6.45, 7) is 1.43. The first-order valence-electron chi connectivity index (χ1n) is 7.75. The van der Waals surface area contributed by atoms with Crippen molar-refractivity contribution >= 4 is 17.2 Å². The fourth-order valence-corrected chi connectivity index (χ4v) is 3.58. The largest absolute Gasteiger partial charge is 0.336 e. The van der Waals surface area contributed by atoms with E-state index in [9.17, 15) is 4.79 Å². The first-order valence-corrected chi connectivity index (χ1v) is 8.63. The van der Waals surface area contributed by atoms with Crippen molar-refractivity contribution in [3.8, 4) is 0 Å². The van der Waals surface area contributed by atoms with Gasteiger partial charge in [0.05, 0.1) is 5.01 Å².